The number of sulfonamides is 1. The van der Waals surface area contributed by atoms with E-state index in [4.69, 9.17) is 9.84 Å². The number of carboxylic acid groups (broad SMARTS) is 1. The minimum atomic E-state index is -3.82. The molecule has 0 amide bonds. The van der Waals surface area contributed by atoms with E-state index in [-0.39, 0.29) is 24.2 Å². The molecule has 1 aromatic heterocycles. The minimum Gasteiger partial charge on any atom is -0.479 e. The van der Waals surface area contributed by atoms with Gasteiger partial charge in [0.25, 0.3) is 10.0 Å². The fraction of sp³-hybridized carbons (Fsp3) is 0.667. The van der Waals surface area contributed by atoms with Gasteiger partial charge in [0.05, 0.1) is 19.0 Å². The number of nitrogens with zero attached hydrogens (tertiary/aromatic N) is 3. The normalized spacial score (nSPS) is 24.4. The Bertz CT molecular complexity index is 625. The number of imidazole rings is 1. The first kappa shape index (κ1) is 15.9. The number of ether oxygens (including phenoxy) is 1. The van der Waals surface area contributed by atoms with Crippen LogP contribution >= 0.6 is 0 Å². The third kappa shape index (κ3) is 3.25. The molecule has 0 aliphatic carbocycles. The smallest absolute Gasteiger partial charge is 0.334 e. The zero-order chi connectivity index (χ0) is 15.8. The maximum atomic E-state index is 12.5. The molecule has 9 heteroatoms. The van der Waals surface area contributed by atoms with Gasteiger partial charge in [-0.2, -0.15) is 4.31 Å². The molecule has 1 saturated heterocycles. The predicted molar refractivity (Wildman–Crippen MR) is 73.3 cm³/mol. The van der Waals surface area contributed by atoms with Gasteiger partial charge in [-0.1, -0.05) is 0 Å². The Balaban J connectivity index is 2.27. The van der Waals surface area contributed by atoms with Crippen LogP contribution in [0.3, 0.4) is 0 Å². The number of carboxylic acids is 1. The summed E-state index contributed by atoms with van der Waals surface area (Å²) in [5.74, 6) is -1.17. The van der Waals surface area contributed by atoms with Crippen LogP contribution < -0.4 is 0 Å². The van der Waals surface area contributed by atoms with Crippen LogP contribution in [0.2, 0.25) is 0 Å². The maximum Gasteiger partial charge on any atom is 0.334 e. The average molecular weight is 317 g/mol. The molecule has 1 aliphatic rings. The molecule has 0 unspecified atom stereocenters. The van der Waals surface area contributed by atoms with E-state index in [1.54, 1.807) is 11.5 Å². The monoisotopic (exact) mass is 317 g/mol. The first-order valence-corrected chi connectivity index (χ1v) is 8.07. The van der Waals surface area contributed by atoms with Crippen LogP contribution in [0.5, 0.6) is 0 Å². The van der Waals surface area contributed by atoms with Gasteiger partial charge in [0.15, 0.2) is 11.1 Å². The molecule has 8 nitrogen and oxygen atoms in total. The highest BCUT2D eigenvalue weighted by atomic mass is 32.2. The zero-order valence-corrected chi connectivity index (χ0v) is 12.9. The van der Waals surface area contributed by atoms with Gasteiger partial charge >= 0.3 is 5.97 Å². The fourth-order valence-corrected chi connectivity index (χ4v) is 3.55. The number of carbonyl (C=O) groups is 1. The van der Waals surface area contributed by atoms with Crippen LogP contribution in [-0.4, -0.2) is 58.6 Å². The molecule has 1 fully saturated rings. The van der Waals surface area contributed by atoms with Crippen molar-refractivity contribution in [2.45, 2.75) is 44.0 Å². The lowest BCUT2D eigenvalue weighted by Crippen LogP contribution is -2.51. The first-order valence-electron chi connectivity index (χ1n) is 6.63. The summed E-state index contributed by atoms with van der Waals surface area (Å²) in [5.41, 5.74) is 0. The number of aliphatic carboxylic acids is 1. The lowest BCUT2D eigenvalue weighted by molar-refractivity contribution is -0.159. The first-order chi connectivity index (χ1) is 9.71. The summed E-state index contributed by atoms with van der Waals surface area (Å²) in [6, 6.07) is 0.0943. The van der Waals surface area contributed by atoms with Gasteiger partial charge in [-0.25, -0.2) is 18.2 Å². The highest BCUT2D eigenvalue weighted by Gasteiger charge is 2.37. The summed E-state index contributed by atoms with van der Waals surface area (Å²) in [6.45, 7) is 5.37. The van der Waals surface area contributed by atoms with E-state index in [9.17, 15) is 13.2 Å². The highest BCUT2D eigenvalue weighted by Crippen LogP contribution is 2.21. The van der Waals surface area contributed by atoms with E-state index in [0.717, 1.165) is 4.31 Å². The van der Waals surface area contributed by atoms with Gasteiger partial charge in [-0.3, -0.25) is 0 Å². The molecule has 2 atom stereocenters. The number of aromatic nitrogens is 2. The molecule has 0 spiro atoms. The van der Waals surface area contributed by atoms with Gasteiger partial charge in [0, 0.05) is 18.8 Å². The summed E-state index contributed by atoms with van der Waals surface area (Å²) in [6.07, 6.45) is 1.27. The van der Waals surface area contributed by atoms with E-state index >= 15 is 0 Å². The molecule has 0 bridgehead atoms. The van der Waals surface area contributed by atoms with Gasteiger partial charge in [-0.15, -0.1) is 0 Å². The van der Waals surface area contributed by atoms with E-state index in [0.29, 0.717) is 0 Å². The summed E-state index contributed by atoms with van der Waals surface area (Å²) >= 11 is 0. The molecule has 2 rings (SSSR count). The quantitative estimate of drug-likeness (QED) is 0.858. The standard InChI is InChI=1S/C12H19N3O5S/c1-8(2)14-6-11(13-7-14)21(18,19)15-4-9(3)20-10(5-15)12(16)17/h6-10H,4-5H2,1-3H3,(H,16,17)/t9-,10-/m1/s1. The Kier molecular flexibility index (Phi) is 4.35. The van der Waals surface area contributed by atoms with Gasteiger partial charge in [-0.05, 0) is 20.8 Å². The third-order valence-corrected chi connectivity index (χ3v) is 5.00. The predicted octanol–water partition coefficient (Wildman–Crippen LogP) is 0.327. The van der Waals surface area contributed by atoms with Gasteiger partial charge < -0.3 is 14.4 Å². The van der Waals surface area contributed by atoms with Crippen molar-refractivity contribution in [2.24, 2.45) is 0 Å². The van der Waals surface area contributed by atoms with E-state index in [1.807, 2.05) is 13.8 Å². The minimum absolute atomic E-state index is 0.0746. The maximum absolute atomic E-state index is 12.5. The SMILES string of the molecule is CC(C)n1cnc(S(=O)(=O)N2C[C@@H](C)O[C@@H](C(=O)O)C2)c1. The Morgan fingerprint density at radius 2 is 2.14 bits per heavy atom. The van der Waals surface area contributed by atoms with Crippen molar-refractivity contribution >= 4 is 16.0 Å². The molecule has 118 valence electrons. The Morgan fingerprint density at radius 3 is 2.67 bits per heavy atom. The van der Waals surface area contributed by atoms with Gasteiger partial charge in [0.1, 0.15) is 0 Å². The molecular weight excluding hydrogens is 298 g/mol. The largest absolute Gasteiger partial charge is 0.479 e. The van der Waals surface area contributed by atoms with Crippen LogP contribution in [0.15, 0.2) is 17.6 Å². The summed E-state index contributed by atoms with van der Waals surface area (Å²) < 4.78 is 33.1. The second kappa shape index (κ2) is 5.74. The summed E-state index contributed by atoms with van der Waals surface area (Å²) in [4.78, 5) is 15.0. The van der Waals surface area contributed by atoms with Crippen LogP contribution in [-0.2, 0) is 19.6 Å². The second-order valence-corrected chi connectivity index (χ2v) is 7.23. The van der Waals surface area contributed by atoms with E-state index in [1.165, 1.54) is 12.5 Å². The molecule has 1 N–H and O–H groups in total. The average Bonchev–Trinajstić information content (AvgIpc) is 2.88. The van der Waals surface area contributed by atoms with Crippen molar-refractivity contribution in [2.75, 3.05) is 13.1 Å². The number of morpholine rings is 1. The number of hydrogen-bond donors (Lipinski definition) is 1. The van der Waals surface area contributed by atoms with Crippen molar-refractivity contribution in [1.29, 1.82) is 0 Å². The van der Waals surface area contributed by atoms with E-state index < -0.39 is 28.2 Å². The van der Waals surface area contributed by atoms with Gasteiger partial charge in [0.2, 0.25) is 0 Å². The Hall–Kier alpha value is -1.45. The van der Waals surface area contributed by atoms with Crippen molar-refractivity contribution in [1.82, 2.24) is 13.9 Å². The van der Waals surface area contributed by atoms with Crippen LogP contribution in [0.4, 0.5) is 0 Å². The van der Waals surface area contributed by atoms with Crippen molar-refractivity contribution in [3.05, 3.63) is 12.5 Å². The van der Waals surface area contributed by atoms with Crippen LogP contribution in [0.1, 0.15) is 26.8 Å². The summed E-state index contributed by atoms with van der Waals surface area (Å²) in [5, 5.41) is 8.95. The number of rotatable bonds is 4. The Morgan fingerprint density at radius 1 is 1.48 bits per heavy atom. The molecule has 1 aromatic rings. The molecule has 0 radical (unpaired) electrons. The fourth-order valence-electron chi connectivity index (χ4n) is 2.11. The zero-order valence-electron chi connectivity index (χ0n) is 12.1. The topological polar surface area (TPSA) is 102 Å². The lowest BCUT2D eigenvalue weighted by Gasteiger charge is -2.33. The molecule has 0 saturated carbocycles. The van der Waals surface area contributed by atoms with Crippen molar-refractivity contribution < 1.29 is 23.1 Å². The molecule has 1 aliphatic heterocycles. The molecule has 0 aromatic carbocycles. The molecular formula is C12H19N3O5S. The summed E-state index contributed by atoms with van der Waals surface area (Å²) in [7, 11) is -3.82. The lowest BCUT2D eigenvalue weighted by atomic mass is 10.2. The van der Waals surface area contributed by atoms with Crippen LogP contribution in [0.25, 0.3) is 0 Å². The number of hydrogen-bond acceptors (Lipinski definition) is 5. The molecule has 2 heterocycles. The molecule has 21 heavy (non-hydrogen) atoms. The second-order valence-electron chi connectivity index (χ2n) is 5.35. The van der Waals surface area contributed by atoms with E-state index in [2.05, 4.69) is 4.98 Å². The third-order valence-electron chi connectivity index (χ3n) is 3.28. The highest BCUT2D eigenvalue weighted by molar-refractivity contribution is 7.89. The Labute approximate surface area is 123 Å². The van der Waals surface area contributed by atoms with Crippen molar-refractivity contribution in [3.63, 3.8) is 0 Å². The van der Waals surface area contributed by atoms with Crippen molar-refractivity contribution in [3.8, 4) is 0 Å². The van der Waals surface area contributed by atoms with Crippen LogP contribution in [0, 0.1) is 0 Å².